The molecule has 2 fully saturated rings. The normalized spacial score (nSPS) is 34.7. The Morgan fingerprint density at radius 3 is 2.94 bits per heavy atom. The highest BCUT2D eigenvalue weighted by Crippen LogP contribution is 2.21. The fraction of sp³-hybridized carbons (Fsp3) is 1.00. The van der Waals surface area contributed by atoms with Crippen LogP contribution >= 0.6 is 0 Å². The summed E-state index contributed by atoms with van der Waals surface area (Å²) in [6.07, 6.45) is 7.12. The molecule has 2 saturated heterocycles. The molecule has 0 amide bonds. The number of likely N-dealkylation sites (tertiary alicyclic amines) is 1. The van der Waals surface area contributed by atoms with E-state index in [9.17, 15) is 0 Å². The molecule has 2 aliphatic rings. The highest BCUT2D eigenvalue weighted by molar-refractivity contribution is 4.83. The Morgan fingerprint density at radius 1 is 1.28 bits per heavy atom. The third-order valence-electron chi connectivity index (χ3n) is 4.52. The van der Waals surface area contributed by atoms with E-state index in [-0.39, 0.29) is 0 Å². The van der Waals surface area contributed by atoms with Gasteiger partial charge in [-0.15, -0.1) is 0 Å². The number of nitrogens with one attached hydrogen (secondary N) is 1. The van der Waals surface area contributed by atoms with Crippen molar-refractivity contribution in [2.45, 2.75) is 58.1 Å². The molecule has 106 valence electrons. The van der Waals surface area contributed by atoms with Crippen LogP contribution in [0.15, 0.2) is 0 Å². The fourth-order valence-electron chi connectivity index (χ4n) is 3.47. The smallest absolute Gasteiger partial charge is 0.0702 e. The summed E-state index contributed by atoms with van der Waals surface area (Å²) in [7, 11) is 0. The van der Waals surface area contributed by atoms with Crippen molar-refractivity contribution in [2.75, 3.05) is 32.8 Å². The molecule has 0 aromatic rings. The topological polar surface area (TPSA) is 24.5 Å². The number of hydrogen-bond acceptors (Lipinski definition) is 3. The van der Waals surface area contributed by atoms with Gasteiger partial charge >= 0.3 is 0 Å². The predicted octanol–water partition coefficient (Wildman–Crippen LogP) is 2.27. The van der Waals surface area contributed by atoms with E-state index >= 15 is 0 Å². The lowest BCUT2D eigenvalue weighted by molar-refractivity contribution is 0.00207. The SMILES string of the molecule is CCOC1CCCN(CC2CC(CC)CCN2)C1. The zero-order chi connectivity index (χ0) is 12.8. The summed E-state index contributed by atoms with van der Waals surface area (Å²) in [6, 6.07) is 0.712. The molecule has 0 aromatic carbocycles. The van der Waals surface area contributed by atoms with Crippen LogP contribution in [0.4, 0.5) is 0 Å². The second-order valence-electron chi connectivity index (χ2n) is 5.93. The number of rotatable bonds is 5. The molecule has 0 aliphatic carbocycles. The van der Waals surface area contributed by atoms with Crippen LogP contribution in [0.1, 0.15) is 46.0 Å². The Morgan fingerprint density at radius 2 is 2.17 bits per heavy atom. The van der Waals surface area contributed by atoms with Crippen LogP contribution in [0, 0.1) is 5.92 Å². The maximum Gasteiger partial charge on any atom is 0.0702 e. The van der Waals surface area contributed by atoms with Gasteiger partial charge in [0.1, 0.15) is 0 Å². The summed E-state index contributed by atoms with van der Waals surface area (Å²) in [5, 5.41) is 3.70. The second-order valence-corrected chi connectivity index (χ2v) is 5.93. The predicted molar refractivity (Wildman–Crippen MR) is 75.9 cm³/mol. The van der Waals surface area contributed by atoms with Gasteiger partial charge in [0, 0.05) is 25.7 Å². The largest absolute Gasteiger partial charge is 0.377 e. The Balaban J connectivity index is 1.74. The summed E-state index contributed by atoms with van der Waals surface area (Å²) in [6.45, 7) is 10.1. The summed E-state index contributed by atoms with van der Waals surface area (Å²) < 4.78 is 5.78. The molecular formula is C15H30N2O. The first kappa shape index (κ1) is 14.3. The van der Waals surface area contributed by atoms with Crippen molar-refractivity contribution in [3.8, 4) is 0 Å². The maximum atomic E-state index is 5.78. The third kappa shape index (κ3) is 4.22. The molecule has 2 aliphatic heterocycles. The highest BCUT2D eigenvalue weighted by Gasteiger charge is 2.25. The summed E-state index contributed by atoms with van der Waals surface area (Å²) >= 11 is 0. The first-order valence-corrected chi connectivity index (χ1v) is 7.89. The van der Waals surface area contributed by atoms with Crippen LogP contribution in [0.2, 0.25) is 0 Å². The molecule has 0 bridgehead atoms. The molecule has 3 nitrogen and oxygen atoms in total. The van der Waals surface area contributed by atoms with Crippen LogP contribution < -0.4 is 5.32 Å². The van der Waals surface area contributed by atoms with Gasteiger partial charge in [-0.3, -0.25) is 4.90 Å². The van der Waals surface area contributed by atoms with Crippen molar-refractivity contribution in [1.29, 1.82) is 0 Å². The number of hydrogen-bond donors (Lipinski definition) is 1. The van der Waals surface area contributed by atoms with E-state index in [1.165, 1.54) is 51.7 Å². The Kier molecular flexibility index (Phi) is 5.93. The minimum absolute atomic E-state index is 0.481. The van der Waals surface area contributed by atoms with Crippen LogP contribution in [0.5, 0.6) is 0 Å². The molecule has 3 unspecified atom stereocenters. The molecule has 3 heteroatoms. The van der Waals surface area contributed by atoms with Gasteiger partial charge in [0.05, 0.1) is 6.10 Å². The van der Waals surface area contributed by atoms with Crippen LogP contribution in [0.3, 0.4) is 0 Å². The fourth-order valence-corrected chi connectivity index (χ4v) is 3.47. The van der Waals surface area contributed by atoms with Crippen molar-refractivity contribution in [2.24, 2.45) is 5.92 Å². The monoisotopic (exact) mass is 254 g/mol. The lowest BCUT2D eigenvalue weighted by atomic mass is 9.90. The summed E-state index contributed by atoms with van der Waals surface area (Å²) in [5.74, 6) is 0.948. The summed E-state index contributed by atoms with van der Waals surface area (Å²) in [5.41, 5.74) is 0. The van der Waals surface area contributed by atoms with Crippen molar-refractivity contribution < 1.29 is 4.74 Å². The molecule has 0 spiro atoms. The van der Waals surface area contributed by atoms with Gasteiger partial charge in [0.25, 0.3) is 0 Å². The van der Waals surface area contributed by atoms with Gasteiger partial charge in [-0.1, -0.05) is 13.3 Å². The van der Waals surface area contributed by atoms with Crippen LogP contribution in [-0.2, 0) is 4.74 Å². The Labute approximate surface area is 112 Å². The number of piperidine rings is 2. The third-order valence-corrected chi connectivity index (χ3v) is 4.52. The van der Waals surface area contributed by atoms with E-state index in [2.05, 4.69) is 24.1 Å². The summed E-state index contributed by atoms with van der Waals surface area (Å²) in [4.78, 5) is 2.61. The van der Waals surface area contributed by atoms with Crippen molar-refractivity contribution in [3.63, 3.8) is 0 Å². The van der Waals surface area contributed by atoms with E-state index in [4.69, 9.17) is 4.74 Å². The molecule has 0 saturated carbocycles. The van der Waals surface area contributed by atoms with E-state index < -0.39 is 0 Å². The Hall–Kier alpha value is -0.120. The van der Waals surface area contributed by atoms with E-state index in [0.29, 0.717) is 12.1 Å². The lowest BCUT2D eigenvalue weighted by Gasteiger charge is -2.37. The van der Waals surface area contributed by atoms with E-state index in [1.54, 1.807) is 0 Å². The first-order valence-electron chi connectivity index (χ1n) is 7.89. The second kappa shape index (κ2) is 7.46. The lowest BCUT2D eigenvalue weighted by Crippen LogP contribution is -2.49. The standard InChI is InChI=1S/C15H30N2O/c1-3-13-7-8-16-14(10-13)11-17-9-5-6-15(12-17)18-4-2/h13-16H,3-12H2,1-2H3. The van der Waals surface area contributed by atoms with Gasteiger partial charge in [-0.2, -0.15) is 0 Å². The molecule has 1 N–H and O–H groups in total. The minimum atomic E-state index is 0.481. The average molecular weight is 254 g/mol. The molecular weight excluding hydrogens is 224 g/mol. The number of ether oxygens (including phenoxy) is 1. The highest BCUT2D eigenvalue weighted by atomic mass is 16.5. The van der Waals surface area contributed by atoms with Gasteiger partial charge in [0.2, 0.25) is 0 Å². The van der Waals surface area contributed by atoms with Gasteiger partial charge in [-0.05, 0) is 51.6 Å². The Bertz CT molecular complexity index is 233. The van der Waals surface area contributed by atoms with Gasteiger partial charge in [0.15, 0.2) is 0 Å². The number of nitrogens with zero attached hydrogens (tertiary/aromatic N) is 1. The zero-order valence-electron chi connectivity index (χ0n) is 12.2. The van der Waals surface area contributed by atoms with Crippen molar-refractivity contribution >= 4 is 0 Å². The van der Waals surface area contributed by atoms with Gasteiger partial charge < -0.3 is 10.1 Å². The molecule has 0 radical (unpaired) electrons. The first-order chi connectivity index (χ1) is 8.81. The van der Waals surface area contributed by atoms with Gasteiger partial charge in [-0.25, -0.2) is 0 Å². The van der Waals surface area contributed by atoms with Crippen molar-refractivity contribution in [3.05, 3.63) is 0 Å². The molecule has 3 atom stereocenters. The molecule has 0 aromatic heterocycles. The average Bonchev–Trinajstić information content (AvgIpc) is 2.40. The quantitative estimate of drug-likeness (QED) is 0.814. The zero-order valence-corrected chi connectivity index (χ0v) is 12.2. The van der Waals surface area contributed by atoms with Crippen LogP contribution in [-0.4, -0.2) is 49.8 Å². The van der Waals surface area contributed by atoms with Crippen LogP contribution in [0.25, 0.3) is 0 Å². The molecule has 2 heterocycles. The van der Waals surface area contributed by atoms with E-state index in [0.717, 1.165) is 19.1 Å². The van der Waals surface area contributed by atoms with E-state index in [1.807, 2.05) is 0 Å². The van der Waals surface area contributed by atoms with Crippen molar-refractivity contribution in [1.82, 2.24) is 10.2 Å². The maximum absolute atomic E-state index is 5.78. The molecule has 18 heavy (non-hydrogen) atoms. The minimum Gasteiger partial charge on any atom is -0.377 e. The molecule has 2 rings (SSSR count).